The van der Waals surface area contributed by atoms with Gasteiger partial charge in [-0.05, 0) is 19.1 Å². The number of carbonyl (C=O) groups is 1. The number of halogens is 2. The van der Waals surface area contributed by atoms with E-state index in [2.05, 4.69) is 6.58 Å². The van der Waals surface area contributed by atoms with E-state index in [1.807, 2.05) is 0 Å². The summed E-state index contributed by atoms with van der Waals surface area (Å²) < 4.78 is 18.6. The molecule has 5 heteroatoms. The number of hydrogen-bond donors (Lipinski definition) is 0. The van der Waals surface area contributed by atoms with Crippen molar-refractivity contribution in [2.24, 2.45) is 0 Å². The van der Waals surface area contributed by atoms with Gasteiger partial charge in [0, 0.05) is 23.7 Å². The lowest BCUT2D eigenvalue weighted by molar-refractivity contribution is -0.144. The molecular formula is C14H17ClFNO2. The summed E-state index contributed by atoms with van der Waals surface area (Å²) in [6.07, 6.45) is 1.66. The highest BCUT2D eigenvalue weighted by molar-refractivity contribution is 6.30. The molecule has 0 atom stereocenters. The second-order valence-electron chi connectivity index (χ2n) is 4.00. The van der Waals surface area contributed by atoms with Gasteiger partial charge in [-0.15, -0.1) is 6.58 Å². The number of carbonyl (C=O) groups excluding carboxylic acids is 1. The number of nitrogens with zero attached hydrogens (tertiary/aromatic N) is 1. The summed E-state index contributed by atoms with van der Waals surface area (Å²) in [5, 5.41) is 0.349. The van der Waals surface area contributed by atoms with Crippen LogP contribution in [-0.4, -0.2) is 30.6 Å². The molecule has 0 aliphatic heterocycles. The first-order chi connectivity index (χ1) is 9.06. The predicted molar refractivity (Wildman–Crippen MR) is 73.5 cm³/mol. The van der Waals surface area contributed by atoms with Crippen LogP contribution in [0.3, 0.4) is 0 Å². The van der Waals surface area contributed by atoms with Crippen molar-refractivity contribution in [1.29, 1.82) is 0 Å². The molecule has 0 aromatic heterocycles. The SMILES string of the molecule is C=CCN(CC(=O)OCC)Cc1ccc(Cl)cc1F. The number of benzene rings is 1. The third kappa shape index (κ3) is 5.41. The van der Waals surface area contributed by atoms with E-state index >= 15 is 0 Å². The fourth-order valence-corrected chi connectivity index (χ4v) is 1.81. The lowest BCUT2D eigenvalue weighted by atomic mass is 10.2. The third-order valence-electron chi connectivity index (χ3n) is 2.45. The number of rotatable bonds is 7. The van der Waals surface area contributed by atoms with Crippen LogP contribution in [0.4, 0.5) is 4.39 Å². The molecule has 0 aliphatic rings. The van der Waals surface area contributed by atoms with Gasteiger partial charge in [-0.3, -0.25) is 9.69 Å². The van der Waals surface area contributed by atoms with Gasteiger partial charge in [0.2, 0.25) is 0 Å². The van der Waals surface area contributed by atoms with Crippen LogP contribution in [0.5, 0.6) is 0 Å². The number of hydrogen-bond acceptors (Lipinski definition) is 3. The molecule has 0 fully saturated rings. The van der Waals surface area contributed by atoms with Crippen LogP contribution in [0.1, 0.15) is 12.5 Å². The van der Waals surface area contributed by atoms with Crippen LogP contribution in [0.2, 0.25) is 5.02 Å². The van der Waals surface area contributed by atoms with Crippen molar-refractivity contribution < 1.29 is 13.9 Å². The zero-order chi connectivity index (χ0) is 14.3. The molecule has 0 radical (unpaired) electrons. The first kappa shape index (κ1) is 15.7. The Bertz CT molecular complexity index is 451. The zero-order valence-electron chi connectivity index (χ0n) is 10.9. The standard InChI is InChI=1S/C14H17ClFNO2/c1-3-7-17(10-14(18)19-4-2)9-11-5-6-12(15)8-13(11)16/h3,5-6,8H,1,4,7,9-10H2,2H3. The van der Waals surface area contributed by atoms with Crippen molar-refractivity contribution in [2.75, 3.05) is 19.7 Å². The van der Waals surface area contributed by atoms with Crippen molar-refractivity contribution >= 4 is 17.6 Å². The fourth-order valence-electron chi connectivity index (χ4n) is 1.65. The van der Waals surface area contributed by atoms with Gasteiger partial charge in [-0.2, -0.15) is 0 Å². The highest BCUT2D eigenvalue weighted by atomic mass is 35.5. The second-order valence-corrected chi connectivity index (χ2v) is 4.44. The molecule has 0 N–H and O–H groups in total. The first-order valence-corrected chi connectivity index (χ1v) is 6.37. The molecule has 1 aromatic rings. The Hall–Kier alpha value is -1.39. The summed E-state index contributed by atoms with van der Waals surface area (Å²) in [6, 6.07) is 4.49. The van der Waals surface area contributed by atoms with Crippen molar-refractivity contribution in [1.82, 2.24) is 4.90 Å². The average Bonchev–Trinajstić information content (AvgIpc) is 2.33. The Balaban J connectivity index is 2.71. The van der Waals surface area contributed by atoms with Gasteiger partial charge in [0.1, 0.15) is 5.82 Å². The smallest absolute Gasteiger partial charge is 0.320 e. The molecule has 0 amide bonds. The lowest BCUT2D eigenvalue weighted by Crippen LogP contribution is -2.31. The summed E-state index contributed by atoms with van der Waals surface area (Å²) in [4.78, 5) is 13.2. The minimum absolute atomic E-state index is 0.0991. The number of esters is 1. The van der Waals surface area contributed by atoms with E-state index in [1.54, 1.807) is 30.0 Å². The van der Waals surface area contributed by atoms with Gasteiger partial charge in [0.05, 0.1) is 13.2 Å². The Labute approximate surface area is 117 Å². The molecule has 1 aromatic carbocycles. The summed E-state index contributed by atoms with van der Waals surface area (Å²) in [7, 11) is 0. The maximum atomic E-state index is 13.7. The van der Waals surface area contributed by atoms with Gasteiger partial charge < -0.3 is 4.74 Å². The van der Waals surface area contributed by atoms with Gasteiger partial charge in [0.25, 0.3) is 0 Å². The Kier molecular flexibility index (Phi) is 6.53. The normalized spacial score (nSPS) is 10.5. The molecule has 0 spiro atoms. The van der Waals surface area contributed by atoms with Crippen LogP contribution in [0.25, 0.3) is 0 Å². The van der Waals surface area contributed by atoms with E-state index in [0.717, 1.165) is 0 Å². The monoisotopic (exact) mass is 285 g/mol. The molecule has 0 bridgehead atoms. The van der Waals surface area contributed by atoms with E-state index in [9.17, 15) is 9.18 Å². The number of ether oxygens (including phenoxy) is 1. The van der Waals surface area contributed by atoms with Crippen molar-refractivity contribution in [2.45, 2.75) is 13.5 Å². The van der Waals surface area contributed by atoms with Crippen molar-refractivity contribution in [3.8, 4) is 0 Å². The Morgan fingerprint density at radius 3 is 2.89 bits per heavy atom. The quantitative estimate of drug-likeness (QED) is 0.570. The maximum absolute atomic E-state index is 13.7. The highest BCUT2D eigenvalue weighted by Crippen LogP contribution is 2.16. The van der Waals surface area contributed by atoms with Crippen LogP contribution < -0.4 is 0 Å². The minimum Gasteiger partial charge on any atom is -0.465 e. The van der Waals surface area contributed by atoms with E-state index in [-0.39, 0.29) is 18.3 Å². The summed E-state index contributed by atoms with van der Waals surface area (Å²) >= 11 is 5.70. The van der Waals surface area contributed by atoms with Crippen LogP contribution in [-0.2, 0) is 16.1 Å². The van der Waals surface area contributed by atoms with Gasteiger partial charge in [-0.25, -0.2) is 4.39 Å². The molecule has 0 heterocycles. The second kappa shape index (κ2) is 7.92. The topological polar surface area (TPSA) is 29.5 Å². The van der Waals surface area contributed by atoms with E-state index in [0.29, 0.717) is 30.3 Å². The first-order valence-electron chi connectivity index (χ1n) is 5.99. The van der Waals surface area contributed by atoms with Gasteiger partial charge in [0.15, 0.2) is 0 Å². The summed E-state index contributed by atoms with van der Waals surface area (Å²) in [5.74, 6) is -0.718. The maximum Gasteiger partial charge on any atom is 0.320 e. The average molecular weight is 286 g/mol. The summed E-state index contributed by atoms with van der Waals surface area (Å²) in [6.45, 7) is 6.57. The van der Waals surface area contributed by atoms with Crippen LogP contribution in [0, 0.1) is 5.82 Å². The molecule has 19 heavy (non-hydrogen) atoms. The molecular weight excluding hydrogens is 269 g/mol. The van der Waals surface area contributed by atoms with Crippen LogP contribution >= 0.6 is 11.6 Å². The molecule has 0 saturated carbocycles. The molecule has 1 rings (SSSR count). The minimum atomic E-state index is -0.384. The molecule has 0 aliphatic carbocycles. The Morgan fingerprint density at radius 1 is 1.58 bits per heavy atom. The van der Waals surface area contributed by atoms with E-state index in [4.69, 9.17) is 16.3 Å². The molecule has 3 nitrogen and oxygen atoms in total. The predicted octanol–water partition coefficient (Wildman–Crippen LogP) is 3.03. The summed E-state index contributed by atoms with van der Waals surface area (Å²) in [5.41, 5.74) is 0.482. The van der Waals surface area contributed by atoms with Gasteiger partial charge >= 0.3 is 5.97 Å². The van der Waals surface area contributed by atoms with E-state index < -0.39 is 0 Å². The Morgan fingerprint density at radius 2 is 2.32 bits per heavy atom. The van der Waals surface area contributed by atoms with E-state index in [1.165, 1.54) is 6.07 Å². The lowest BCUT2D eigenvalue weighted by Gasteiger charge is -2.19. The highest BCUT2D eigenvalue weighted by Gasteiger charge is 2.13. The third-order valence-corrected chi connectivity index (χ3v) is 2.69. The van der Waals surface area contributed by atoms with Gasteiger partial charge in [-0.1, -0.05) is 23.7 Å². The molecule has 104 valence electrons. The fraction of sp³-hybridized carbons (Fsp3) is 0.357. The molecule has 0 unspecified atom stereocenters. The van der Waals surface area contributed by atoms with Crippen LogP contribution in [0.15, 0.2) is 30.9 Å². The zero-order valence-corrected chi connectivity index (χ0v) is 11.6. The van der Waals surface area contributed by atoms with Crippen molar-refractivity contribution in [3.63, 3.8) is 0 Å². The largest absolute Gasteiger partial charge is 0.465 e. The van der Waals surface area contributed by atoms with Crippen molar-refractivity contribution in [3.05, 3.63) is 47.3 Å². The molecule has 0 saturated heterocycles.